The molecule has 0 aromatic heterocycles. The maximum absolute atomic E-state index is 11.9. The van der Waals surface area contributed by atoms with Gasteiger partial charge in [-0.1, -0.05) is 13.8 Å². The van der Waals surface area contributed by atoms with Crippen molar-refractivity contribution in [1.82, 2.24) is 4.90 Å². The lowest BCUT2D eigenvalue weighted by Crippen LogP contribution is -2.35. The number of nitrogens with zero attached hydrogens (tertiary/aromatic N) is 1. The molecule has 0 bridgehead atoms. The Kier molecular flexibility index (Phi) is 7.65. The van der Waals surface area contributed by atoms with Crippen molar-refractivity contribution in [2.24, 2.45) is 5.92 Å². The van der Waals surface area contributed by atoms with Crippen LogP contribution in [0.2, 0.25) is 0 Å². The second kappa shape index (κ2) is 9.27. The SMILES string of the molecule is CCN(CC)C(=O)CNc1ccc(OCCC(C)C)cc1. The quantitative estimate of drug-likeness (QED) is 0.758. The highest BCUT2D eigenvalue weighted by Gasteiger charge is 2.08. The van der Waals surface area contributed by atoms with Gasteiger partial charge in [-0.25, -0.2) is 0 Å². The molecule has 0 atom stereocenters. The Morgan fingerprint density at radius 1 is 1.19 bits per heavy atom. The number of rotatable bonds is 9. The van der Waals surface area contributed by atoms with Gasteiger partial charge in [-0.15, -0.1) is 0 Å². The molecule has 0 saturated carbocycles. The molecule has 1 aromatic carbocycles. The largest absolute Gasteiger partial charge is 0.494 e. The maximum Gasteiger partial charge on any atom is 0.241 e. The Labute approximate surface area is 128 Å². The standard InChI is InChI=1S/C17H28N2O2/c1-5-19(6-2)17(20)13-18-15-7-9-16(10-8-15)21-12-11-14(3)4/h7-10,14,18H,5-6,11-13H2,1-4H3. The molecule has 0 spiro atoms. The number of hydrogen-bond donors (Lipinski definition) is 1. The molecule has 0 radical (unpaired) electrons. The summed E-state index contributed by atoms with van der Waals surface area (Å²) in [6, 6.07) is 7.76. The summed E-state index contributed by atoms with van der Waals surface area (Å²) in [5.41, 5.74) is 0.937. The molecule has 1 N–H and O–H groups in total. The van der Waals surface area contributed by atoms with Crippen LogP contribution in [0.4, 0.5) is 5.69 Å². The van der Waals surface area contributed by atoms with Gasteiger partial charge in [0, 0.05) is 18.8 Å². The lowest BCUT2D eigenvalue weighted by atomic mass is 10.1. The molecule has 0 saturated heterocycles. The van der Waals surface area contributed by atoms with Crippen LogP contribution in [0, 0.1) is 5.92 Å². The van der Waals surface area contributed by atoms with Crippen LogP contribution in [0.15, 0.2) is 24.3 Å². The molecule has 21 heavy (non-hydrogen) atoms. The fourth-order valence-corrected chi connectivity index (χ4v) is 1.95. The third kappa shape index (κ3) is 6.52. The van der Waals surface area contributed by atoms with Crippen molar-refractivity contribution in [3.63, 3.8) is 0 Å². The van der Waals surface area contributed by atoms with Gasteiger partial charge >= 0.3 is 0 Å². The highest BCUT2D eigenvalue weighted by Crippen LogP contribution is 2.16. The second-order valence-corrected chi connectivity index (χ2v) is 5.47. The lowest BCUT2D eigenvalue weighted by molar-refractivity contribution is -0.128. The van der Waals surface area contributed by atoms with E-state index in [-0.39, 0.29) is 5.91 Å². The zero-order valence-corrected chi connectivity index (χ0v) is 13.7. The van der Waals surface area contributed by atoms with Crippen molar-refractivity contribution in [3.05, 3.63) is 24.3 Å². The van der Waals surface area contributed by atoms with Crippen LogP contribution in [0.3, 0.4) is 0 Å². The molecule has 0 fully saturated rings. The van der Waals surface area contributed by atoms with E-state index in [2.05, 4.69) is 19.2 Å². The smallest absolute Gasteiger partial charge is 0.241 e. The summed E-state index contributed by atoms with van der Waals surface area (Å²) in [5.74, 6) is 1.64. The van der Waals surface area contributed by atoms with E-state index in [1.165, 1.54) is 0 Å². The molecular formula is C17H28N2O2. The minimum atomic E-state index is 0.122. The van der Waals surface area contributed by atoms with Crippen LogP contribution in [0.1, 0.15) is 34.1 Å². The maximum atomic E-state index is 11.9. The number of hydrogen-bond acceptors (Lipinski definition) is 3. The molecule has 4 nitrogen and oxygen atoms in total. The highest BCUT2D eigenvalue weighted by molar-refractivity contribution is 5.80. The first kappa shape index (κ1) is 17.3. The topological polar surface area (TPSA) is 41.6 Å². The minimum Gasteiger partial charge on any atom is -0.494 e. The summed E-state index contributed by atoms with van der Waals surface area (Å²) in [6.07, 6.45) is 1.05. The summed E-state index contributed by atoms with van der Waals surface area (Å²) in [5, 5.41) is 3.15. The third-order valence-corrected chi connectivity index (χ3v) is 3.38. The predicted octanol–water partition coefficient (Wildman–Crippen LogP) is 3.39. The molecule has 0 aliphatic rings. The monoisotopic (exact) mass is 292 g/mol. The Morgan fingerprint density at radius 3 is 2.33 bits per heavy atom. The van der Waals surface area contributed by atoms with Gasteiger partial charge in [-0.05, 0) is 50.5 Å². The van der Waals surface area contributed by atoms with Crippen LogP contribution < -0.4 is 10.1 Å². The molecule has 1 rings (SSSR count). The Bertz CT molecular complexity index is 411. The summed E-state index contributed by atoms with van der Waals surface area (Å²) in [6.45, 7) is 10.9. The Morgan fingerprint density at radius 2 is 1.81 bits per heavy atom. The molecule has 0 unspecified atom stereocenters. The van der Waals surface area contributed by atoms with Gasteiger partial charge in [0.25, 0.3) is 0 Å². The number of amides is 1. The van der Waals surface area contributed by atoms with Gasteiger partial charge in [-0.2, -0.15) is 0 Å². The van der Waals surface area contributed by atoms with E-state index in [0.29, 0.717) is 12.5 Å². The molecule has 4 heteroatoms. The molecule has 0 aliphatic carbocycles. The number of benzene rings is 1. The van der Waals surface area contributed by atoms with E-state index in [4.69, 9.17) is 4.74 Å². The normalized spacial score (nSPS) is 10.5. The van der Waals surface area contributed by atoms with Crippen molar-refractivity contribution >= 4 is 11.6 Å². The van der Waals surface area contributed by atoms with Gasteiger partial charge in [0.1, 0.15) is 5.75 Å². The summed E-state index contributed by atoms with van der Waals surface area (Å²) >= 11 is 0. The lowest BCUT2D eigenvalue weighted by Gasteiger charge is -2.19. The predicted molar refractivity (Wildman–Crippen MR) is 87.8 cm³/mol. The summed E-state index contributed by atoms with van der Waals surface area (Å²) in [7, 11) is 0. The first-order valence-electron chi connectivity index (χ1n) is 7.81. The van der Waals surface area contributed by atoms with Crippen LogP contribution >= 0.6 is 0 Å². The van der Waals surface area contributed by atoms with Crippen LogP contribution in [-0.4, -0.2) is 37.0 Å². The number of likely N-dealkylation sites (N-methyl/N-ethyl adjacent to an activating group) is 1. The minimum absolute atomic E-state index is 0.122. The van der Waals surface area contributed by atoms with Crippen LogP contribution in [-0.2, 0) is 4.79 Å². The van der Waals surface area contributed by atoms with Crippen molar-refractivity contribution in [3.8, 4) is 5.75 Å². The van der Waals surface area contributed by atoms with E-state index in [0.717, 1.165) is 37.6 Å². The average Bonchev–Trinajstić information content (AvgIpc) is 2.47. The van der Waals surface area contributed by atoms with Gasteiger partial charge in [-0.3, -0.25) is 4.79 Å². The van der Waals surface area contributed by atoms with E-state index in [9.17, 15) is 4.79 Å². The van der Waals surface area contributed by atoms with Crippen LogP contribution in [0.25, 0.3) is 0 Å². The Hall–Kier alpha value is -1.71. The van der Waals surface area contributed by atoms with Crippen molar-refractivity contribution in [2.45, 2.75) is 34.1 Å². The molecule has 0 heterocycles. The van der Waals surface area contributed by atoms with Crippen molar-refractivity contribution in [1.29, 1.82) is 0 Å². The summed E-state index contributed by atoms with van der Waals surface area (Å²) in [4.78, 5) is 13.7. The molecule has 118 valence electrons. The van der Waals surface area contributed by atoms with Gasteiger partial charge in [0.05, 0.1) is 13.2 Å². The number of carbonyl (C=O) groups excluding carboxylic acids is 1. The average molecular weight is 292 g/mol. The number of anilines is 1. The zero-order chi connectivity index (χ0) is 15.7. The molecular weight excluding hydrogens is 264 g/mol. The van der Waals surface area contributed by atoms with E-state index >= 15 is 0 Å². The number of nitrogens with one attached hydrogen (secondary N) is 1. The van der Waals surface area contributed by atoms with Crippen LogP contribution in [0.5, 0.6) is 5.75 Å². The third-order valence-electron chi connectivity index (χ3n) is 3.38. The molecule has 0 aliphatic heterocycles. The number of ether oxygens (including phenoxy) is 1. The number of carbonyl (C=O) groups is 1. The second-order valence-electron chi connectivity index (χ2n) is 5.47. The fraction of sp³-hybridized carbons (Fsp3) is 0.588. The molecule has 1 aromatic rings. The van der Waals surface area contributed by atoms with Crippen molar-refractivity contribution in [2.75, 3.05) is 31.6 Å². The van der Waals surface area contributed by atoms with E-state index in [1.54, 1.807) is 0 Å². The molecule has 1 amide bonds. The zero-order valence-electron chi connectivity index (χ0n) is 13.7. The summed E-state index contributed by atoms with van der Waals surface area (Å²) < 4.78 is 5.67. The Balaban J connectivity index is 2.39. The van der Waals surface area contributed by atoms with Crippen molar-refractivity contribution < 1.29 is 9.53 Å². The van der Waals surface area contributed by atoms with Gasteiger partial charge < -0.3 is 15.0 Å². The van der Waals surface area contributed by atoms with Gasteiger partial charge in [0.15, 0.2) is 0 Å². The first-order valence-corrected chi connectivity index (χ1v) is 7.81. The van der Waals surface area contributed by atoms with E-state index < -0.39 is 0 Å². The fourth-order valence-electron chi connectivity index (χ4n) is 1.95. The van der Waals surface area contributed by atoms with Gasteiger partial charge in [0.2, 0.25) is 5.91 Å². The van der Waals surface area contributed by atoms with E-state index in [1.807, 2.05) is 43.0 Å². The highest BCUT2D eigenvalue weighted by atomic mass is 16.5. The first-order chi connectivity index (χ1) is 10.1.